The summed E-state index contributed by atoms with van der Waals surface area (Å²) in [5.41, 5.74) is 0.148. The highest BCUT2D eigenvalue weighted by atomic mass is 15.6. The van der Waals surface area contributed by atoms with E-state index in [2.05, 4.69) is 46.4 Å². The average Bonchev–Trinajstić information content (AvgIpc) is 2.92. The van der Waals surface area contributed by atoms with Gasteiger partial charge in [0.2, 0.25) is 0 Å². The Hall–Kier alpha value is -1.01. The molecule has 1 aromatic rings. The zero-order chi connectivity index (χ0) is 15.3. The summed E-state index contributed by atoms with van der Waals surface area (Å²) in [5.74, 6) is 0.833. The van der Waals surface area contributed by atoms with Gasteiger partial charge in [-0.1, -0.05) is 20.3 Å². The van der Waals surface area contributed by atoms with E-state index >= 15 is 0 Å². The minimum atomic E-state index is 0.148. The van der Waals surface area contributed by atoms with Crippen molar-refractivity contribution < 1.29 is 0 Å². The largest absolute Gasteiger partial charge is 0.312 e. The molecule has 1 aliphatic heterocycles. The lowest BCUT2D eigenvalue weighted by Crippen LogP contribution is -2.61. The van der Waals surface area contributed by atoms with E-state index < -0.39 is 0 Å². The maximum Gasteiger partial charge on any atom is 0.176 e. The van der Waals surface area contributed by atoms with Gasteiger partial charge in [0.25, 0.3) is 0 Å². The van der Waals surface area contributed by atoms with E-state index in [9.17, 15) is 0 Å². The number of aromatic nitrogens is 4. The second kappa shape index (κ2) is 7.31. The summed E-state index contributed by atoms with van der Waals surface area (Å²) in [7, 11) is 1.82. The van der Waals surface area contributed by atoms with E-state index in [1.54, 1.807) is 4.80 Å². The first-order valence-electron chi connectivity index (χ1n) is 8.31. The summed E-state index contributed by atoms with van der Waals surface area (Å²) in [5, 5.41) is 16.2. The Morgan fingerprint density at radius 3 is 2.48 bits per heavy atom. The Bertz CT molecular complexity index is 426. The summed E-state index contributed by atoms with van der Waals surface area (Å²) in [6.07, 6.45) is 5.97. The molecule has 1 aromatic heterocycles. The molecule has 2 heterocycles. The van der Waals surface area contributed by atoms with Crippen molar-refractivity contribution in [3.05, 3.63) is 5.82 Å². The van der Waals surface area contributed by atoms with Crippen LogP contribution >= 0.6 is 0 Å². The minimum absolute atomic E-state index is 0.148. The highest BCUT2D eigenvalue weighted by Crippen LogP contribution is 2.28. The molecule has 1 N–H and O–H groups in total. The zero-order valence-corrected chi connectivity index (χ0v) is 14.0. The van der Waals surface area contributed by atoms with E-state index in [1.165, 1.54) is 32.4 Å². The molecule has 6 heteroatoms. The Morgan fingerprint density at radius 2 is 1.95 bits per heavy atom. The molecule has 1 fully saturated rings. The number of rotatable bonds is 7. The lowest BCUT2D eigenvalue weighted by Gasteiger charge is -2.48. The minimum Gasteiger partial charge on any atom is -0.312 e. The summed E-state index contributed by atoms with van der Waals surface area (Å²) < 4.78 is 0. The van der Waals surface area contributed by atoms with Crippen LogP contribution in [0.4, 0.5) is 0 Å². The van der Waals surface area contributed by atoms with Gasteiger partial charge in [0.15, 0.2) is 5.82 Å². The van der Waals surface area contributed by atoms with Crippen LogP contribution in [0.25, 0.3) is 0 Å². The lowest BCUT2D eigenvalue weighted by atomic mass is 9.83. The number of likely N-dealkylation sites (tertiary alicyclic amines) is 1. The van der Waals surface area contributed by atoms with Crippen LogP contribution in [0.5, 0.6) is 0 Å². The van der Waals surface area contributed by atoms with Gasteiger partial charge in [0.1, 0.15) is 0 Å². The maximum atomic E-state index is 4.36. The van der Waals surface area contributed by atoms with Gasteiger partial charge < -0.3 is 5.32 Å². The smallest absolute Gasteiger partial charge is 0.176 e. The van der Waals surface area contributed by atoms with Crippen LogP contribution in [-0.2, 0) is 13.5 Å². The summed E-state index contributed by atoms with van der Waals surface area (Å²) in [6.45, 7) is 10.2. The first-order valence-corrected chi connectivity index (χ1v) is 8.31. The van der Waals surface area contributed by atoms with Crippen LogP contribution in [0.2, 0.25) is 0 Å². The number of tetrazole rings is 1. The molecule has 0 saturated carbocycles. The second-order valence-electron chi connectivity index (χ2n) is 6.27. The third-order valence-corrected chi connectivity index (χ3v) is 4.93. The number of aryl methyl sites for hydroxylation is 1. The zero-order valence-electron chi connectivity index (χ0n) is 14.0. The summed E-state index contributed by atoms with van der Waals surface area (Å²) >= 11 is 0. The van der Waals surface area contributed by atoms with Crippen molar-refractivity contribution >= 4 is 0 Å². The Labute approximate surface area is 128 Å². The fourth-order valence-corrected chi connectivity index (χ4v) is 3.44. The van der Waals surface area contributed by atoms with E-state index in [1.807, 2.05) is 7.05 Å². The van der Waals surface area contributed by atoms with E-state index in [0.717, 1.165) is 25.2 Å². The van der Waals surface area contributed by atoms with E-state index in [-0.39, 0.29) is 5.54 Å². The van der Waals surface area contributed by atoms with Crippen molar-refractivity contribution in [2.45, 2.75) is 64.5 Å². The molecule has 21 heavy (non-hydrogen) atoms. The highest BCUT2D eigenvalue weighted by Gasteiger charge is 2.38. The van der Waals surface area contributed by atoms with Gasteiger partial charge in [-0.05, 0) is 51.0 Å². The number of nitrogens with one attached hydrogen (secondary N) is 1. The number of hydrogen-bond donors (Lipinski definition) is 1. The van der Waals surface area contributed by atoms with Gasteiger partial charge in [0.05, 0.1) is 7.05 Å². The Balaban J connectivity index is 2.15. The topological polar surface area (TPSA) is 58.9 Å². The van der Waals surface area contributed by atoms with Gasteiger partial charge in [-0.25, -0.2) is 0 Å². The van der Waals surface area contributed by atoms with Crippen LogP contribution in [0.15, 0.2) is 0 Å². The molecule has 6 nitrogen and oxygen atoms in total. The standard InChI is InChI=1S/C15H30N6/c1-5-15(3,21-10-8-7-9-11-21)13(16-6-2)12-14-17-19-20(4)18-14/h13,16H,5-12H2,1-4H3. The first kappa shape index (κ1) is 16.4. The number of likely N-dealkylation sites (N-methyl/N-ethyl adjacent to an activating group) is 1. The first-order chi connectivity index (χ1) is 10.1. The van der Waals surface area contributed by atoms with Gasteiger partial charge in [-0.15, -0.1) is 10.2 Å². The molecule has 0 bridgehead atoms. The van der Waals surface area contributed by atoms with Gasteiger partial charge in [-0.2, -0.15) is 4.80 Å². The molecule has 0 amide bonds. The predicted octanol–water partition coefficient (Wildman–Crippen LogP) is 1.39. The van der Waals surface area contributed by atoms with Gasteiger partial charge in [0, 0.05) is 18.0 Å². The SMILES string of the molecule is CCNC(Cc1nnn(C)n1)C(C)(CC)N1CCCCC1. The van der Waals surface area contributed by atoms with Crippen molar-refractivity contribution in [3.63, 3.8) is 0 Å². The number of nitrogens with zero attached hydrogens (tertiary/aromatic N) is 5. The van der Waals surface area contributed by atoms with Crippen LogP contribution in [0, 0.1) is 0 Å². The lowest BCUT2D eigenvalue weighted by molar-refractivity contribution is 0.0428. The van der Waals surface area contributed by atoms with Gasteiger partial charge in [-0.3, -0.25) is 4.90 Å². The van der Waals surface area contributed by atoms with Crippen molar-refractivity contribution in [3.8, 4) is 0 Å². The van der Waals surface area contributed by atoms with Gasteiger partial charge >= 0.3 is 0 Å². The van der Waals surface area contributed by atoms with Crippen molar-refractivity contribution in [2.24, 2.45) is 7.05 Å². The summed E-state index contributed by atoms with van der Waals surface area (Å²) in [6, 6.07) is 0.356. The van der Waals surface area contributed by atoms with Crippen LogP contribution in [0.3, 0.4) is 0 Å². The fraction of sp³-hybridized carbons (Fsp3) is 0.933. The molecule has 120 valence electrons. The quantitative estimate of drug-likeness (QED) is 0.823. The molecule has 1 aliphatic rings. The Kier molecular flexibility index (Phi) is 5.70. The molecule has 0 radical (unpaired) electrons. The number of piperidine rings is 1. The fourth-order valence-electron chi connectivity index (χ4n) is 3.44. The highest BCUT2D eigenvalue weighted by molar-refractivity contribution is 5.01. The van der Waals surface area contributed by atoms with Crippen LogP contribution in [0.1, 0.15) is 52.3 Å². The third-order valence-electron chi connectivity index (χ3n) is 4.93. The van der Waals surface area contributed by atoms with Crippen molar-refractivity contribution in [1.29, 1.82) is 0 Å². The van der Waals surface area contributed by atoms with Crippen molar-refractivity contribution in [1.82, 2.24) is 30.4 Å². The normalized spacial score (nSPS) is 21.1. The van der Waals surface area contributed by atoms with Crippen LogP contribution < -0.4 is 5.32 Å². The molecule has 2 unspecified atom stereocenters. The average molecular weight is 294 g/mol. The summed E-state index contributed by atoms with van der Waals surface area (Å²) in [4.78, 5) is 4.21. The third kappa shape index (κ3) is 3.80. The Morgan fingerprint density at radius 1 is 1.24 bits per heavy atom. The monoisotopic (exact) mass is 294 g/mol. The number of hydrogen-bond acceptors (Lipinski definition) is 5. The second-order valence-corrected chi connectivity index (χ2v) is 6.27. The molecule has 0 spiro atoms. The maximum absolute atomic E-state index is 4.36. The van der Waals surface area contributed by atoms with E-state index in [0.29, 0.717) is 6.04 Å². The molecule has 0 aromatic carbocycles. The predicted molar refractivity (Wildman–Crippen MR) is 84.1 cm³/mol. The molecule has 1 saturated heterocycles. The van der Waals surface area contributed by atoms with E-state index in [4.69, 9.17) is 0 Å². The van der Waals surface area contributed by atoms with Crippen molar-refractivity contribution in [2.75, 3.05) is 19.6 Å². The molecular formula is C15H30N6. The molecule has 0 aliphatic carbocycles. The molecule has 2 atom stereocenters. The molecular weight excluding hydrogens is 264 g/mol. The van der Waals surface area contributed by atoms with Crippen LogP contribution in [-0.4, -0.2) is 56.3 Å². The molecule has 2 rings (SSSR count).